The molecule has 0 saturated heterocycles. The van der Waals surface area contributed by atoms with E-state index in [0.717, 1.165) is 55.4 Å². The van der Waals surface area contributed by atoms with Gasteiger partial charge in [-0.1, -0.05) is 19.1 Å². The van der Waals surface area contributed by atoms with Gasteiger partial charge in [0, 0.05) is 44.6 Å². The van der Waals surface area contributed by atoms with Crippen molar-refractivity contribution < 1.29 is 4.74 Å². The summed E-state index contributed by atoms with van der Waals surface area (Å²) in [7, 11) is 1.80. The fraction of sp³-hybridized carbons (Fsp3) is 0.545. The van der Waals surface area contributed by atoms with E-state index < -0.39 is 0 Å². The van der Waals surface area contributed by atoms with Crippen LogP contribution in [0.3, 0.4) is 0 Å². The van der Waals surface area contributed by atoms with Crippen LogP contribution < -0.4 is 15.4 Å². The van der Waals surface area contributed by atoms with Gasteiger partial charge in [-0.25, -0.2) is 4.98 Å². The molecule has 0 aliphatic rings. The summed E-state index contributed by atoms with van der Waals surface area (Å²) in [5, 5.41) is 6.78. The van der Waals surface area contributed by atoms with Crippen molar-refractivity contribution in [2.24, 2.45) is 4.99 Å². The highest BCUT2D eigenvalue weighted by Gasteiger charge is 2.08. The van der Waals surface area contributed by atoms with Gasteiger partial charge in [-0.2, -0.15) is 0 Å². The summed E-state index contributed by atoms with van der Waals surface area (Å²) < 4.78 is 8.28. The van der Waals surface area contributed by atoms with E-state index in [1.54, 1.807) is 7.05 Å². The number of guanidine groups is 1. The van der Waals surface area contributed by atoms with Crippen molar-refractivity contribution in [3.8, 4) is 5.75 Å². The number of hydrogen-bond donors (Lipinski definition) is 2. The molecule has 0 fully saturated rings. The van der Waals surface area contributed by atoms with E-state index in [1.165, 1.54) is 5.56 Å². The Kier molecular flexibility index (Phi) is 11.7. The fourth-order valence-corrected chi connectivity index (χ4v) is 2.87. The van der Waals surface area contributed by atoms with Crippen molar-refractivity contribution in [1.29, 1.82) is 0 Å². The molecule has 1 heterocycles. The van der Waals surface area contributed by atoms with Crippen LogP contribution in [-0.4, -0.2) is 35.2 Å². The van der Waals surface area contributed by atoms with Gasteiger partial charge in [0.15, 0.2) is 5.96 Å². The molecule has 2 N–H and O–H groups in total. The summed E-state index contributed by atoms with van der Waals surface area (Å²) in [5.74, 6) is 2.83. The Labute approximate surface area is 192 Å². The molecular weight excluding hydrogens is 477 g/mol. The van der Waals surface area contributed by atoms with Gasteiger partial charge in [0.1, 0.15) is 11.6 Å². The number of nitrogens with one attached hydrogen (secondary N) is 2. The number of ether oxygens (including phenoxy) is 1. The first-order valence-electron chi connectivity index (χ1n) is 10.2. The zero-order valence-corrected chi connectivity index (χ0v) is 20.7. The summed E-state index contributed by atoms with van der Waals surface area (Å²) in [5.41, 5.74) is 2.35. The molecule has 2 aromatic rings. The Morgan fingerprint density at radius 1 is 1.24 bits per heavy atom. The lowest BCUT2D eigenvalue weighted by atomic mass is 10.1. The number of unbranched alkanes of at least 4 members (excludes halogenated alkanes) is 1. The molecular formula is C22H36IN5O. The predicted molar refractivity (Wildman–Crippen MR) is 131 cm³/mol. The van der Waals surface area contributed by atoms with Crippen LogP contribution in [0.25, 0.3) is 0 Å². The average Bonchev–Trinajstić information content (AvgIpc) is 3.09. The lowest BCUT2D eigenvalue weighted by molar-refractivity contribution is 0.215. The Morgan fingerprint density at radius 2 is 2.03 bits per heavy atom. The number of aryl methyl sites for hydroxylation is 3. The molecule has 1 atom stereocenters. The molecule has 2 rings (SSSR count). The maximum atomic E-state index is 6.09. The van der Waals surface area contributed by atoms with Crippen molar-refractivity contribution in [2.45, 2.75) is 66.2 Å². The molecule has 1 unspecified atom stereocenters. The van der Waals surface area contributed by atoms with Gasteiger partial charge in [0.25, 0.3) is 0 Å². The van der Waals surface area contributed by atoms with E-state index >= 15 is 0 Å². The van der Waals surface area contributed by atoms with Gasteiger partial charge >= 0.3 is 0 Å². The summed E-state index contributed by atoms with van der Waals surface area (Å²) >= 11 is 0. The van der Waals surface area contributed by atoms with Gasteiger partial charge in [-0.3, -0.25) is 4.99 Å². The van der Waals surface area contributed by atoms with Crippen molar-refractivity contribution in [1.82, 2.24) is 20.2 Å². The first-order chi connectivity index (χ1) is 13.5. The maximum Gasteiger partial charge on any atom is 0.191 e. The van der Waals surface area contributed by atoms with Crippen LogP contribution in [0, 0.1) is 13.8 Å². The standard InChI is InChI=1S/C22H35N5O.HI/c1-6-18(3)28-21-15-17(2)9-10-20(21)16-26-22(23-5)25-11-7-8-13-27-14-12-24-19(27)4;/h9-10,12,14-15,18H,6-8,11,13,16H2,1-5H3,(H2,23,25,26);1H. The molecule has 0 spiro atoms. The third kappa shape index (κ3) is 8.64. The summed E-state index contributed by atoms with van der Waals surface area (Å²) in [6.45, 7) is 10.9. The number of nitrogens with zero attached hydrogens (tertiary/aromatic N) is 3. The third-order valence-corrected chi connectivity index (χ3v) is 4.84. The second-order valence-electron chi connectivity index (χ2n) is 7.18. The van der Waals surface area contributed by atoms with Gasteiger partial charge in [0.2, 0.25) is 0 Å². The Bertz CT molecular complexity index is 759. The zero-order chi connectivity index (χ0) is 20.4. The van der Waals surface area contributed by atoms with Crippen LogP contribution in [0.4, 0.5) is 0 Å². The van der Waals surface area contributed by atoms with Crippen LogP contribution in [0.2, 0.25) is 0 Å². The average molecular weight is 513 g/mol. The first kappa shape index (κ1) is 25.3. The predicted octanol–water partition coefficient (Wildman–Crippen LogP) is 4.44. The smallest absolute Gasteiger partial charge is 0.191 e. The van der Waals surface area contributed by atoms with Gasteiger partial charge in [-0.05, 0) is 51.7 Å². The molecule has 0 amide bonds. The van der Waals surface area contributed by atoms with E-state index in [0.29, 0.717) is 6.54 Å². The van der Waals surface area contributed by atoms with E-state index in [1.807, 2.05) is 19.3 Å². The summed E-state index contributed by atoms with van der Waals surface area (Å²) in [6, 6.07) is 6.35. The Morgan fingerprint density at radius 3 is 2.69 bits per heavy atom. The Hall–Kier alpha value is -1.77. The number of rotatable bonds is 10. The lowest BCUT2D eigenvalue weighted by Gasteiger charge is -2.18. The van der Waals surface area contributed by atoms with E-state index in [2.05, 4.69) is 64.1 Å². The minimum absolute atomic E-state index is 0. The number of hydrogen-bond acceptors (Lipinski definition) is 3. The van der Waals surface area contributed by atoms with Crippen molar-refractivity contribution >= 4 is 29.9 Å². The minimum Gasteiger partial charge on any atom is -0.490 e. The van der Waals surface area contributed by atoms with Gasteiger partial charge < -0.3 is 19.9 Å². The zero-order valence-electron chi connectivity index (χ0n) is 18.4. The van der Waals surface area contributed by atoms with Crippen molar-refractivity contribution in [2.75, 3.05) is 13.6 Å². The van der Waals surface area contributed by atoms with Crippen molar-refractivity contribution in [3.05, 3.63) is 47.5 Å². The topological polar surface area (TPSA) is 63.5 Å². The van der Waals surface area contributed by atoms with Crippen LogP contribution in [0.5, 0.6) is 5.75 Å². The highest BCUT2D eigenvalue weighted by atomic mass is 127. The molecule has 6 nitrogen and oxygen atoms in total. The first-order valence-corrected chi connectivity index (χ1v) is 10.2. The van der Waals surface area contributed by atoms with E-state index in [9.17, 15) is 0 Å². The number of halogens is 1. The normalized spacial score (nSPS) is 12.2. The monoisotopic (exact) mass is 513 g/mol. The third-order valence-electron chi connectivity index (χ3n) is 4.84. The molecule has 162 valence electrons. The van der Waals surface area contributed by atoms with Crippen LogP contribution in [0.15, 0.2) is 35.6 Å². The van der Waals surface area contributed by atoms with Crippen molar-refractivity contribution in [3.63, 3.8) is 0 Å². The fourth-order valence-electron chi connectivity index (χ4n) is 2.87. The number of aliphatic imine (C=N–C) groups is 1. The maximum absolute atomic E-state index is 6.09. The SMILES string of the molecule is CCC(C)Oc1cc(C)ccc1CNC(=NC)NCCCCn1ccnc1C.I. The molecule has 1 aromatic heterocycles. The van der Waals surface area contributed by atoms with Gasteiger partial charge in [0.05, 0.1) is 6.10 Å². The lowest BCUT2D eigenvalue weighted by Crippen LogP contribution is -2.37. The molecule has 7 heteroatoms. The molecule has 0 radical (unpaired) electrons. The number of imidazole rings is 1. The van der Waals surface area contributed by atoms with Crippen LogP contribution >= 0.6 is 24.0 Å². The Balaban J connectivity index is 0.00000420. The molecule has 0 aliphatic heterocycles. The van der Waals surface area contributed by atoms with Gasteiger partial charge in [-0.15, -0.1) is 24.0 Å². The van der Waals surface area contributed by atoms with Crippen LogP contribution in [0.1, 0.15) is 50.1 Å². The second-order valence-corrected chi connectivity index (χ2v) is 7.18. The largest absolute Gasteiger partial charge is 0.490 e. The molecule has 0 saturated carbocycles. The second kappa shape index (κ2) is 13.5. The minimum atomic E-state index is 0. The highest BCUT2D eigenvalue weighted by molar-refractivity contribution is 14.0. The number of benzene rings is 1. The van der Waals surface area contributed by atoms with E-state index in [4.69, 9.17) is 4.74 Å². The summed E-state index contributed by atoms with van der Waals surface area (Å²) in [4.78, 5) is 8.58. The summed E-state index contributed by atoms with van der Waals surface area (Å²) in [6.07, 6.45) is 7.25. The molecule has 0 aliphatic carbocycles. The number of aromatic nitrogens is 2. The van der Waals surface area contributed by atoms with Crippen LogP contribution in [-0.2, 0) is 13.1 Å². The van der Waals surface area contributed by atoms with E-state index in [-0.39, 0.29) is 30.1 Å². The highest BCUT2D eigenvalue weighted by Crippen LogP contribution is 2.22. The molecule has 1 aromatic carbocycles. The molecule has 0 bridgehead atoms. The quantitative estimate of drug-likeness (QED) is 0.214. The molecule has 29 heavy (non-hydrogen) atoms.